The molecule has 1 fully saturated rings. The van der Waals surface area contributed by atoms with Gasteiger partial charge in [-0.05, 0) is 77.9 Å². The van der Waals surface area contributed by atoms with Gasteiger partial charge in [0.15, 0.2) is 17.3 Å². The molecule has 2 aromatic rings. The Morgan fingerprint density at radius 2 is 1.52 bits per heavy atom. The Balaban J connectivity index is 1.39. The maximum Gasteiger partial charge on any atom is 0.253 e. The normalized spacial score (nSPS) is 16.9. The van der Waals surface area contributed by atoms with Crippen LogP contribution in [0.5, 0.6) is 11.5 Å². The van der Waals surface area contributed by atoms with Gasteiger partial charge in [-0.3, -0.25) is 9.59 Å². The summed E-state index contributed by atoms with van der Waals surface area (Å²) in [7, 11) is 0. The van der Waals surface area contributed by atoms with Crippen LogP contribution in [0.3, 0.4) is 0 Å². The average molecular weight is 477 g/mol. The van der Waals surface area contributed by atoms with Crippen LogP contribution in [0.1, 0.15) is 33.6 Å². The second kappa shape index (κ2) is 7.88. The van der Waals surface area contributed by atoms with Gasteiger partial charge in [-0.25, -0.2) is 0 Å². The quantitative estimate of drug-likeness (QED) is 0.499. The Kier molecular flexibility index (Phi) is 5.33. The molecule has 2 heterocycles. The fraction of sp³-hybridized carbons (Fsp3) is 0.333. The predicted octanol–water partition coefficient (Wildman–Crippen LogP) is 3.80. The lowest BCUT2D eigenvalue weighted by atomic mass is 9.88. The molecule has 1 saturated heterocycles. The molecule has 27 heavy (non-hydrogen) atoms. The number of carbonyl (C=O) groups excluding carboxylic acids is 2. The van der Waals surface area contributed by atoms with Crippen LogP contribution >= 0.6 is 22.6 Å². The van der Waals surface area contributed by atoms with Gasteiger partial charge in [0, 0.05) is 33.7 Å². The number of piperidine rings is 1. The number of nitrogens with zero attached hydrogens (tertiary/aromatic N) is 1. The number of Topliss-reactive ketones (excluding diaryl/α,β-unsaturated/α-hetero) is 1. The Morgan fingerprint density at radius 3 is 2.22 bits per heavy atom. The van der Waals surface area contributed by atoms with Gasteiger partial charge in [-0.1, -0.05) is 0 Å². The van der Waals surface area contributed by atoms with Crippen molar-refractivity contribution in [2.45, 2.75) is 12.8 Å². The number of hydrogen-bond donors (Lipinski definition) is 0. The largest absolute Gasteiger partial charge is 0.486 e. The summed E-state index contributed by atoms with van der Waals surface area (Å²) < 4.78 is 12.2. The van der Waals surface area contributed by atoms with Crippen LogP contribution in [-0.4, -0.2) is 42.9 Å². The molecule has 2 aliphatic heterocycles. The van der Waals surface area contributed by atoms with Crippen LogP contribution < -0.4 is 9.47 Å². The number of rotatable bonds is 3. The second-order valence-electron chi connectivity index (χ2n) is 6.80. The number of amides is 1. The summed E-state index contributed by atoms with van der Waals surface area (Å²) in [6.07, 6.45) is 1.37. The van der Waals surface area contributed by atoms with Crippen molar-refractivity contribution in [1.82, 2.24) is 4.90 Å². The van der Waals surface area contributed by atoms with Crippen molar-refractivity contribution in [3.63, 3.8) is 0 Å². The Labute approximate surface area is 171 Å². The lowest BCUT2D eigenvalue weighted by Crippen LogP contribution is -2.40. The molecular formula is C21H20INO4. The van der Waals surface area contributed by atoms with Gasteiger partial charge >= 0.3 is 0 Å². The third-order valence-corrected chi connectivity index (χ3v) is 5.79. The van der Waals surface area contributed by atoms with Crippen molar-refractivity contribution in [2.24, 2.45) is 5.92 Å². The molecule has 4 rings (SSSR count). The van der Waals surface area contributed by atoms with Crippen LogP contribution in [0.15, 0.2) is 42.5 Å². The van der Waals surface area contributed by atoms with Gasteiger partial charge in [0.05, 0.1) is 0 Å². The molecule has 0 aromatic heterocycles. The summed E-state index contributed by atoms with van der Waals surface area (Å²) in [4.78, 5) is 27.3. The van der Waals surface area contributed by atoms with Crippen LogP contribution in [0.25, 0.3) is 0 Å². The summed E-state index contributed by atoms with van der Waals surface area (Å²) in [6, 6.07) is 13.0. The zero-order chi connectivity index (χ0) is 18.8. The lowest BCUT2D eigenvalue weighted by Gasteiger charge is -2.31. The van der Waals surface area contributed by atoms with Crippen molar-refractivity contribution in [2.75, 3.05) is 26.3 Å². The number of ether oxygens (including phenoxy) is 2. The first-order valence-corrected chi connectivity index (χ1v) is 10.2. The van der Waals surface area contributed by atoms with Crippen LogP contribution in [0, 0.1) is 9.49 Å². The molecule has 0 atom stereocenters. The average Bonchev–Trinajstić information content (AvgIpc) is 2.73. The number of carbonyl (C=O) groups is 2. The van der Waals surface area contributed by atoms with E-state index in [0.717, 1.165) is 3.57 Å². The van der Waals surface area contributed by atoms with Crippen LogP contribution in [0.4, 0.5) is 0 Å². The zero-order valence-electron chi connectivity index (χ0n) is 14.8. The van der Waals surface area contributed by atoms with E-state index in [-0.39, 0.29) is 17.6 Å². The first kappa shape index (κ1) is 18.3. The Hall–Kier alpha value is -2.09. The number of ketones is 1. The first-order valence-electron chi connectivity index (χ1n) is 9.10. The highest BCUT2D eigenvalue weighted by Gasteiger charge is 2.29. The van der Waals surface area contributed by atoms with Gasteiger partial charge in [0.2, 0.25) is 0 Å². The zero-order valence-corrected chi connectivity index (χ0v) is 17.0. The molecular weight excluding hydrogens is 457 g/mol. The molecule has 140 valence electrons. The third-order valence-electron chi connectivity index (χ3n) is 5.07. The standard InChI is InChI=1S/C21H20INO4/c22-17-4-1-15(2-5-17)21(25)23-9-7-14(8-10-23)20(24)16-3-6-18-19(13-16)27-12-11-26-18/h1-6,13-14H,7-12H2. The molecule has 2 aliphatic rings. The highest BCUT2D eigenvalue weighted by Crippen LogP contribution is 2.32. The molecule has 1 amide bonds. The SMILES string of the molecule is O=C(c1ccc2c(c1)OCCO2)C1CCN(C(=O)c2ccc(I)cc2)CC1. The summed E-state index contributed by atoms with van der Waals surface area (Å²) in [6.45, 7) is 2.24. The van der Waals surface area contributed by atoms with E-state index in [9.17, 15) is 9.59 Å². The Morgan fingerprint density at radius 1 is 0.889 bits per heavy atom. The summed E-state index contributed by atoms with van der Waals surface area (Å²) >= 11 is 2.22. The van der Waals surface area contributed by atoms with Crippen LogP contribution in [-0.2, 0) is 0 Å². The van der Waals surface area contributed by atoms with Gasteiger partial charge in [-0.2, -0.15) is 0 Å². The molecule has 0 aliphatic carbocycles. The van der Waals surface area contributed by atoms with Crippen molar-refractivity contribution in [1.29, 1.82) is 0 Å². The van der Waals surface area contributed by atoms with E-state index in [2.05, 4.69) is 22.6 Å². The van der Waals surface area contributed by atoms with Crippen molar-refractivity contribution in [3.05, 3.63) is 57.2 Å². The minimum Gasteiger partial charge on any atom is -0.486 e. The van der Waals surface area contributed by atoms with E-state index in [0.29, 0.717) is 61.8 Å². The minimum atomic E-state index is -0.0617. The van der Waals surface area contributed by atoms with Gasteiger partial charge in [-0.15, -0.1) is 0 Å². The fourth-order valence-corrected chi connectivity index (χ4v) is 3.91. The van der Waals surface area contributed by atoms with Gasteiger partial charge in [0.25, 0.3) is 5.91 Å². The highest BCUT2D eigenvalue weighted by molar-refractivity contribution is 14.1. The van der Waals surface area contributed by atoms with Gasteiger partial charge in [0.1, 0.15) is 13.2 Å². The molecule has 0 radical (unpaired) electrons. The molecule has 2 aromatic carbocycles. The molecule has 0 N–H and O–H groups in total. The monoisotopic (exact) mass is 477 g/mol. The highest BCUT2D eigenvalue weighted by atomic mass is 127. The number of halogens is 1. The minimum absolute atomic E-state index is 0.0385. The van der Waals surface area contributed by atoms with E-state index in [1.807, 2.05) is 29.2 Å². The topological polar surface area (TPSA) is 55.8 Å². The third kappa shape index (κ3) is 3.95. The van der Waals surface area contributed by atoms with E-state index < -0.39 is 0 Å². The lowest BCUT2D eigenvalue weighted by molar-refractivity contribution is 0.0650. The van der Waals surface area contributed by atoms with Gasteiger partial charge < -0.3 is 14.4 Å². The maximum atomic E-state index is 12.9. The van der Waals surface area contributed by atoms with Crippen molar-refractivity contribution >= 4 is 34.3 Å². The van der Waals surface area contributed by atoms with E-state index in [4.69, 9.17) is 9.47 Å². The summed E-state index contributed by atoms with van der Waals surface area (Å²) in [5.41, 5.74) is 1.36. The number of hydrogen-bond acceptors (Lipinski definition) is 4. The molecule has 0 spiro atoms. The van der Waals surface area contributed by atoms with Crippen LogP contribution in [0.2, 0.25) is 0 Å². The summed E-state index contributed by atoms with van der Waals surface area (Å²) in [5.74, 6) is 1.42. The van der Waals surface area contributed by atoms with Crippen molar-refractivity contribution in [3.8, 4) is 11.5 Å². The summed E-state index contributed by atoms with van der Waals surface area (Å²) in [5, 5.41) is 0. The number of likely N-dealkylation sites (tertiary alicyclic amines) is 1. The first-order chi connectivity index (χ1) is 13.1. The van der Waals surface area contributed by atoms with E-state index >= 15 is 0 Å². The van der Waals surface area contributed by atoms with E-state index in [1.165, 1.54) is 0 Å². The molecule has 6 heteroatoms. The molecule has 0 unspecified atom stereocenters. The molecule has 0 bridgehead atoms. The number of benzene rings is 2. The molecule has 0 saturated carbocycles. The fourth-order valence-electron chi connectivity index (χ4n) is 3.55. The van der Waals surface area contributed by atoms with E-state index in [1.54, 1.807) is 18.2 Å². The smallest absolute Gasteiger partial charge is 0.253 e. The Bertz CT molecular complexity index is 857. The number of fused-ring (bicyclic) bond motifs is 1. The second-order valence-corrected chi connectivity index (χ2v) is 8.04. The maximum absolute atomic E-state index is 12.9. The molecule has 5 nitrogen and oxygen atoms in total. The van der Waals surface area contributed by atoms with Crippen molar-refractivity contribution < 1.29 is 19.1 Å². The predicted molar refractivity (Wildman–Crippen MR) is 110 cm³/mol.